The number of hydrogen-bond donors (Lipinski definition) is 1. The van der Waals surface area contributed by atoms with Crippen molar-refractivity contribution in [1.82, 2.24) is 4.98 Å². The van der Waals surface area contributed by atoms with Crippen molar-refractivity contribution in [2.45, 2.75) is 24.8 Å². The molecular weight excluding hydrogens is 244 g/mol. The molecule has 18 heavy (non-hydrogen) atoms. The van der Waals surface area contributed by atoms with E-state index < -0.39 is 0 Å². The number of ether oxygens (including phenoxy) is 1. The van der Waals surface area contributed by atoms with E-state index in [-0.39, 0.29) is 5.54 Å². The van der Waals surface area contributed by atoms with E-state index in [0.29, 0.717) is 0 Å². The van der Waals surface area contributed by atoms with E-state index in [2.05, 4.69) is 11.1 Å². The molecule has 1 aliphatic carbocycles. The topological polar surface area (TPSA) is 48.1 Å². The summed E-state index contributed by atoms with van der Waals surface area (Å²) in [5.74, 6) is 0.868. The molecule has 0 amide bonds. The molecule has 0 fully saturated rings. The normalized spacial score (nSPS) is 22.6. The van der Waals surface area contributed by atoms with Gasteiger partial charge in [-0.25, -0.2) is 4.98 Å². The molecule has 94 valence electrons. The van der Waals surface area contributed by atoms with Crippen LogP contribution in [0.1, 0.15) is 22.6 Å². The highest BCUT2D eigenvalue weighted by molar-refractivity contribution is 7.09. The van der Waals surface area contributed by atoms with Crippen LogP contribution in [0.5, 0.6) is 5.75 Å². The fourth-order valence-electron chi connectivity index (χ4n) is 2.54. The molecule has 0 radical (unpaired) electrons. The number of aromatic nitrogens is 1. The van der Waals surface area contributed by atoms with Crippen molar-refractivity contribution in [3.63, 3.8) is 0 Å². The molecule has 0 saturated carbocycles. The first kappa shape index (κ1) is 11.7. The van der Waals surface area contributed by atoms with Crippen LogP contribution in [0.2, 0.25) is 0 Å². The highest BCUT2D eigenvalue weighted by Gasteiger charge is 2.33. The molecule has 1 aromatic carbocycles. The van der Waals surface area contributed by atoms with E-state index in [0.717, 1.165) is 30.6 Å². The van der Waals surface area contributed by atoms with Crippen molar-refractivity contribution in [1.29, 1.82) is 0 Å². The van der Waals surface area contributed by atoms with Gasteiger partial charge >= 0.3 is 0 Å². The van der Waals surface area contributed by atoms with Gasteiger partial charge in [0, 0.05) is 16.8 Å². The van der Waals surface area contributed by atoms with E-state index in [1.165, 1.54) is 10.6 Å². The second-order valence-corrected chi connectivity index (χ2v) is 5.73. The zero-order valence-electron chi connectivity index (χ0n) is 10.3. The van der Waals surface area contributed by atoms with Crippen LogP contribution in [-0.2, 0) is 18.4 Å². The number of nitrogens with two attached hydrogens (primary N) is 1. The monoisotopic (exact) mass is 260 g/mol. The van der Waals surface area contributed by atoms with Gasteiger partial charge < -0.3 is 10.5 Å². The van der Waals surface area contributed by atoms with Gasteiger partial charge in [0.05, 0.1) is 18.3 Å². The predicted molar refractivity (Wildman–Crippen MR) is 73.0 cm³/mol. The number of benzene rings is 1. The quantitative estimate of drug-likeness (QED) is 0.902. The Bertz CT molecular complexity index is 566. The summed E-state index contributed by atoms with van der Waals surface area (Å²) in [7, 11) is 1.68. The minimum atomic E-state index is -0.284. The Hall–Kier alpha value is -1.39. The minimum Gasteiger partial charge on any atom is -0.497 e. The fourth-order valence-corrected chi connectivity index (χ4v) is 3.48. The van der Waals surface area contributed by atoms with E-state index in [9.17, 15) is 0 Å². The van der Waals surface area contributed by atoms with E-state index >= 15 is 0 Å². The smallest absolute Gasteiger partial charge is 0.119 e. The summed E-state index contributed by atoms with van der Waals surface area (Å²) in [5.41, 5.74) is 10.6. The van der Waals surface area contributed by atoms with Crippen LogP contribution >= 0.6 is 11.3 Å². The maximum atomic E-state index is 6.60. The number of hydrogen-bond acceptors (Lipinski definition) is 4. The number of rotatable bonds is 2. The minimum absolute atomic E-state index is 0.284. The van der Waals surface area contributed by atoms with Crippen LogP contribution in [0.15, 0.2) is 29.8 Å². The van der Waals surface area contributed by atoms with Crippen molar-refractivity contribution in [2.24, 2.45) is 5.73 Å². The Morgan fingerprint density at radius 1 is 1.44 bits per heavy atom. The number of nitrogens with zero attached hydrogens (tertiary/aromatic N) is 1. The Balaban J connectivity index is 1.96. The molecule has 1 aromatic heterocycles. The first-order chi connectivity index (χ1) is 8.71. The Morgan fingerprint density at radius 3 is 3.17 bits per heavy atom. The maximum Gasteiger partial charge on any atom is 0.119 e. The van der Waals surface area contributed by atoms with Gasteiger partial charge in [0.1, 0.15) is 5.75 Å². The van der Waals surface area contributed by atoms with Gasteiger partial charge in [-0.05, 0) is 30.5 Å². The zero-order chi connectivity index (χ0) is 12.6. The highest BCUT2D eigenvalue weighted by atomic mass is 32.1. The second kappa shape index (κ2) is 4.37. The number of fused-ring (bicyclic) bond motifs is 1. The summed E-state index contributed by atoms with van der Waals surface area (Å²) < 4.78 is 5.28. The average Bonchev–Trinajstić information content (AvgIpc) is 2.86. The third-order valence-corrected chi connectivity index (χ3v) is 4.53. The molecule has 0 spiro atoms. The van der Waals surface area contributed by atoms with Crippen molar-refractivity contribution in [3.05, 3.63) is 45.9 Å². The third-order valence-electron chi connectivity index (χ3n) is 3.65. The van der Waals surface area contributed by atoms with Crippen molar-refractivity contribution >= 4 is 11.3 Å². The van der Waals surface area contributed by atoms with E-state index in [1.54, 1.807) is 18.4 Å². The molecule has 0 aliphatic heterocycles. The molecule has 1 atom stereocenters. The Kier molecular flexibility index (Phi) is 2.84. The van der Waals surface area contributed by atoms with Crippen LogP contribution in [0.4, 0.5) is 0 Å². The summed E-state index contributed by atoms with van der Waals surface area (Å²) in [6, 6.07) is 8.10. The van der Waals surface area contributed by atoms with Crippen LogP contribution in [0, 0.1) is 0 Å². The summed E-state index contributed by atoms with van der Waals surface area (Å²) in [6.07, 6.45) is 2.78. The van der Waals surface area contributed by atoms with E-state index in [1.807, 2.05) is 23.7 Å². The molecule has 0 bridgehead atoms. The summed E-state index contributed by atoms with van der Waals surface area (Å²) >= 11 is 1.71. The summed E-state index contributed by atoms with van der Waals surface area (Å²) in [5, 5.41) is 0. The summed E-state index contributed by atoms with van der Waals surface area (Å²) in [6.45, 7) is 0. The maximum absolute atomic E-state index is 6.60. The second-order valence-electron chi connectivity index (χ2n) is 4.79. The molecular formula is C14H16N2OS. The van der Waals surface area contributed by atoms with Gasteiger partial charge in [-0.1, -0.05) is 12.1 Å². The lowest BCUT2D eigenvalue weighted by Gasteiger charge is -2.33. The number of aryl methyl sites for hydroxylation is 1. The lowest BCUT2D eigenvalue weighted by Crippen LogP contribution is -2.41. The first-order valence-corrected chi connectivity index (χ1v) is 6.94. The van der Waals surface area contributed by atoms with Crippen molar-refractivity contribution in [2.75, 3.05) is 7.11 Å². The fraction of sp³-hybridized carbons (Fsp3) is 0.357. The largest absolute Gasteiger partial charge is 0.497 e. The summed E-state index contributed by atoms with van der Waals surface area (Å²) in [4.78, 5) is 5.71. The molecule has 3 rings (SSSR count). The van der Waals surface area contributed by atoms with E-state index in [4.69, 9.17) is 10.5 Å². The van der Waals surface area contributed by atoms with Crippen molar-refractivity contribution in [3.8, 4) is 5.75 Å². The standard InChI is InChI=1S/C14H16N2OS/c1-17-11-4-2-3-10(7-11)14(15)6-5-12-13(8-14)18-9-16-12/h2-4,7,9H,5-6,8,15H2,1H3. The van der Waals surface area contributed by atoms with Gasteiger partial charge in [-0.2, -0.15) is 0 Å². The molecule has 1 unspecified atom stereocenters. The van der Waals surface area contributed by atoms with Gasteiger partial charge in [0.25, 0.3) is 0 Å². The number of methoxy groups -OCH3 is 1. The Labute approximate surface area is 111 Å². The Morgan fingerprint density at radius 2 is 2.33 bits per heavy atom. The van der Waals surface area contributed by atoms with Crippen LogP contribution in [-0.4, -0.2) is 12.1 Å². The lowest BCUT2D eigenvalue weighted by atomic mass is 9.78. The van der Waals surface area contributed by atoms with Gasteiger partial charge in [0.15, 0.2) is 0 Å². The number of thiazole rings is 1. The van der Waals surface area contributed by atoms with Gasteiger partial charge in [-0.15, -0.1) is 11.3 Å². The molecule has 1 heterocycles. The van der Waals surface area contributed by atoms with Crippen LogP contribution in [0.3, 0.4) is 0 Å². The van der Waals surface area contributed by atoms with Crippen LogP contribution < -0.4 is 10.5 Å². The molecule has 2 N–H and O–H groups in total. The molecule has 2 aromatic rings. The van der Waals surface area contributed by atoms with Gasteiger partial charge in [0.2, 0.25) is 0 Å². The molecule has 0 saturated heterocycles. The zero-order valence-corrected chi connectivity index (χ0v) is 11.2. The lowest BCUT2D eigenvalue weighted by molar-refractivity contribution is 0.379. The van der Waals surface area contributed by atoms with Gasteiger partial charge in [-0.3, -0.25) is 0 Å². The van der Waals surface area contributed by atoms with Crippen LogP contribution in [0.25, 0.3) is 0 Å². The third kappa shape index (κ3) is 1.91. The average molecular weight is 260 g/mol. The SMILES string of the molecule is COc1cccc(C2(N)CCc3ncsc3C2)c1. The highest BCUT2D eigenvalue weighted by Crippen LogP contribution is 2.36. The molecule has 4 heteroatoms. The molecule has 1 aliphatic rings. The predicted octanol–water partition coefficient (Wildman–Crippen LogP) is 2.49. The first-order valence-electron chi connectivity index (χ1n) is 6.06. The molecule has 3 nitrogen and oxygen atoms in total. The van der Waals surface area contributed by atoms with Crippen molar-refractivity contribution < 1.29 is 4.74 Å².